The molecule has 0 aliphatic rings. The summed E-state index contributed by atoms with van der Waals surface area (Å²) in [6, 6.07) is -0.225. The van der Waals surface area contributed by atoms with Crippen molar-refractivity contribution in [1.82, 2.24) is 5.32 Å². The van der Waals surface area contributed by atoms with Crippen LogP contribution >= 0.6 is 12.4 Å². The van der Waals surface area contributed by atoms with Crippen LogP contribution in [0.15, 0.2) is 0 Å². The number of carboxylic acids is 1. The van der Waals surface area contributed by atoms with Crippen molar-refractivity contribution in [2.45, 2.75) is 33.2 Å². The minimum Gasteiger partial charge on any atom is -0.481 e. The number of nitrogens with two attached hydrogens (primary N) is 1. The summed E-state index contributed by atoms with van der Waals surface area (Å²) in [5.41, 5.74) is 5.11. The second kappa shape index (κ2) is 14.2. The number of rotatable bonds is 4. The molecule has 5 heteroatoms. The average Bonchev–Trinajstić information content (AvgIpc) is 1.87. The summed E-state index contributed by atoms with van der Waals surface area (Å²) < 4.78 is 0. The van der Waals surface area contributed by atoms with Gasteiger partial charge in [0.05, 0.1) is 6.42 Å². The highest BCUT2D eigenvalue weighted by Crippen LogP contribution is 1.82. The number of carboxylic acid groups (broad SMARTS) is 1. The first-order chi connectivity index (χ1) is 5.54. The Labute approximate surface area is 86.3 Å². The van der Waals surface area contributed by atoms with Crippen molar-refractivity contribution < 1.29 is 9.90 Å². The summed E-state index contributed by atoms with van der Waals surface area (Å²) in [5, 5.41) is 11.1. The lowest BCUT2D eigenvalue weighted by Crippen LogP contribution is -2.18. The van der Waals surface area contributed by atoms with E-state index in [2.05, 4.69) is 19.2 Å². The summed E-state index contributed by atoms with van der Waals surface area (Å²) in [4.78, 5) is 9.73. The Morgan fingerprint density at radius 3 is 1.85 bits per heavy atom. The van der Waals surface area contributed by atoms with Crippen LogP contribution in [0.5, 0.6) is 0 Å². The van der Waals surface area contributed by atoms with Crippen LogP contribution in [-0.4, -0.2) is 30.2 Å². The molecule has 13 heavy (non-hydrogen) atoms. The first-order valence-corrected chi connectivity index (χ1v) is 4.22. The molecule has 0 radical (unpaired) electrons. The van der Waals surface area contributed by atoms with Gasteiger partial charge < -0.3 is 16.2 Å². The minimum atomic E-state index is -0.838. The molecule has 4 nitrogen and oxygen atoms in total. The number of halogens is 1. The molecule has 0 aromatic heterocycles. The van der Waals surface area contributed by atoms with Gasteiger partial charge in [-0.25, -0.2) is 0 Å². The first-order valence-electron chi connectivity index (χ1n) is 4.22. The molecule has 0 spiro atoms. The molecule has 1 unspecified atom stereocenters. The molecule has 4 N–H and O–H groups in total. The van der Waals surface area contributed by atoms with Crippen molar-refractivity contribution in [2.24, 2.45) is 5.73 Å². The van der Waals surface area contributed by atoms with Gasteiger partial charge in [-0.3, -0.25) is 4.79 Å². The van der Waals surface area contributed by atoms with Crippen LogP contribution in [0, 0.1) is 0 Å². The number of hydrogen-bond donors (Lipinski definition) is 3. The smallest absolute Gasteiger partial charge is 0.304 e. The van der Waals surface area contributed by atoms with Crippen molar-refractivity contribution >= 4 is 18.4 Å². The molecule has 0 aromatic rings. The Bertz CT molecular complexity index is 108. The van der Waals surface area contributed by atoms with Crippen LogP contribution in [0.3, 0.4) is 0 Å². The zero-order valence-corrected chi connectivity index (χ0v) is 9.36. The number of hydrogen-bond acceptors (Lipinski definition) is 3. The average molecular weight is 213 g/mol. The normalized spacial score (nSPS) is 10.5. The lowest BCUT2D eigenvalue weighted by Gasteiger charge is -1.95. The van der Waals surface area contributed by atoms with Gasteiger partial charge in [0.25, 0.3) is 0 Å². The maximum Gasteiger partial charge on any atom is 0.304 e. The van der Waals surface area contributed by atoms with E-state index in [0.717, 1.165) is 13.1 Å². The van der Waals surface area contributed by atoms with E-state index >= 15 is 0 Å². The predicted molar refractivity (Wildman–Crippen MR) is 57.4 cm³/mol. The molecule has 0 aromatic carbocycles. The fraction of sp³-hybridized carbons (Fsp3) is 0.875. The highest BCUT2D eigenvalue weighted by Gasteiger charge is 1.98. The Hall–Kier alpha value is -0.320. The summed E-state index contributed by atoms with van der Waals surface area (Å²) in [6.45, 7) is 8.05. The van der Waals surface area contributed by atoms with E-state index in [1.807, 2.05) is 0 Å². The van der Waals surface area contributed by atoms with Gasteiger partial charge in [-0.15, -0.1) is 12.4 Å². The van der Waals surface area contributed by atoms with E-state index in [1.165, 1.54) is 0 Å². The SMILES string of the molecule is CC(N)CC(=O)O.CCNCC.Cl. The summed E-state index contributed by atoms with van der Waals surface area (Å²) in [7, 11) is 0. The van der Waals surface area contributed by atoms with Gasteiger partial charge in [-0.05, 0) is 20.0 Å². The lowest BCUT2D eigenvalue weighted by atomic mass is 10.3. The third-order valence-corrected chi connectivity index (χ3v) is 0.997. The predicted octanol–water partition coefficient (Wildman–Crippen LogP) is 0.846. The van der Waals surface area contributed by atoms with Crippen molar-refractivity contribution in [2.75, 3.05) is 13.1 Å². The molecular weight excluding hydrogens is 192 g/mol. The monoisotopic (exact) mass is 212 g/mol. The first kappa shape index (κ1) is 18.5. The molecule has 0 rings (SSSR count). The van der Waals surface area contributed by atoms with Crippen LogP contribution in [0.1, 0.15) is 27.2 Å². The molecule has 82 valence electrons. The fourth-order valence-corrected chi connectivity index (χ4v) is 0.525. The molecule has 0 fully saturated rings. The van der Waals surface area contributed by atoms with Gasteiger partial charge in [0, 0.05) is 6.04 Å². The Balaban J connectivity index is -0.000000150. The van der Waals surface area contributed by atoms with E-state index in [-0.39, 0.29) is 24.9 Å². The van der Waals surface area contributed by atoms with Crippen LogP contribution < -0.4 is 11.1 Å². The third-order valence-electron chi connectivity index (χ3n) is 0.997. The Kier molecular flexibility index (Phi) is 20.2. The molecule has 0 amide bonds. The summed E-state index contributed by atoms with van der Waals surface area (Å²) in [5.74, 6) is -0.838. The summed E-state index contributed by atoms with van der Waals surface area (Å²) >= 11 is 0. The Morgan fingerprint density at radius 1 is 1.46 bits per heavy atom. The third kappa shape index (κ3) is 33.9. The zero-order valence-electron chi connectivity index (χ0n) is 8.54. The van der Waals surface area contributed by atoms with E-state index in [0.29, 0.717) is 0 Å². The van der Waals surface area contributed by atoms with Gasteiger partial charge in [0.1, 0.15) is 0 Å². The fourth-order valence-electron chi connectivity index (χ4n) is 0.525. The van der Waals surface area contributed by atoms with Crippen molar-refractivity contribution in [3.63, 3.8) is 0 Å². The molecule has 0 aliphatic heterocycles. The molecule has 0 saturated carbocycles. The van der Waals surface area contributed by atoms with E-state index in [4.69, 9.17) is 10.8 Å². The highest BCUT2D eigenvalue weighted by atomic mass is 35.5. The molecule has 0 heterocycles. The van der Waals surface area contributed by atoms with Crippen LogP contribution in [-0.2, 0) is 4.79 Å². The van der Waals surface area contributed by atoms with Gasteiger partial charge in [0.15, 0.2) is 0 Å². The number of aliphatic carboxylic acids is 1. The maximum atomic E-state index is 9.73. The topological polar surface area (TPSA) is 75.4 Å². The van der Waals surface area contributed by atoms with Crippen LogP contribution in [0.4, 0.5) is 0 Å². The molecule has 0 saturated heterocycles. The minimum absolute atomic E-state index is 0. The molecule has 0 aliphatic carbocycles. The van der Waals surface area contributed by atoms with E-state index in [9.17, 15) is 4.79 Å². The van der Waals surface area contributed by atoms with Gasteiger partial charge >= 0.3 is 5.97 Å². The van der Waals surface area contributed by atoms with E-state index in [1.54, 1.807) is 6.92 Å². The quantitative estimate of drug-likeness (QED) is 0.646. The van der Waals surface area contributed by atoms with Gasteiger partial charge in [-0.1, -0.05) is 13.8 Å². The van der Waals surface area contributed by atoms with Crippen molar-refractivity contribution in [3.8, 4) is 0 Å². The zero-order chi connectivity index (χ0) is 9.98. The molecule has 1 atom stereocenters. The van der Waals surface area contributed by atoms with E-state index < -0.39 is 5.97 Å². The van der Waals surface area contributed by atoms with Gasteiger partial charge in [0.2, 0.25) is 0 Å². The second-order valence-electron chi connectivity index (χ2n) is 2.53. The second-order valence-corrected chi connectivity index (χ2v) is 2.53. The highest BCUT2D eigenvalue weighted by molar-refractivity contribution is 5.85. The number of nitrogens with one attached hydrogen (secondary N) is 1. The molecular formula is C8H21ClN2O2. The van der Waals surface area contributed by atoms with Crippen molar-refractivity contribution in [1.29, 1.82) is 0 Å². The van der Waals surface area contributed by atoms with Crippen LogP contribution in [0.2, 0.25) is 0 Å². The largest absolute Gasteiger partial charge is 0.481 e. The van der Waals surface area contributed by atoms with Gasteiger partial charge in [-0.2, -0.15) is 0 Å². The number of carbonyl (C=O) groups is 1. The van der Waals surface area contributed by atoms with Crippen LogP contribution in [0.25, 0.3) is 0 Å². The lowest BCUT2D eigenvalue weighted by molar-refractivity contribution is -0.137. The Morgan fingerprint density at radius 2 is 1.85 bits per heavy atom. The standard InChI is InChI=1S/C4H9NO2.C4H11N.ClH/c1-3(5)2-4(6)7;1-3-5-4-2;/h3H,2,5H2,1H3,(H,6,7);5H,3-4H2,1-2H3;1H. The van der Waals surface area contributed by atoms with Crippen molar-refractivity contribution in [3.05, 3.63) is 0 Å². The summed E-state index contributed by atoms with van der Waals surface area (Å²) in [6.07, 6.45) is 0.0556. The molecule has 0 bridgehead atoms. The maximum absolute atomic E-state index is 9.73.